The van der Waals surface area contributed by atoms with Crippen LogP contribution in [0.15, 0.2) is 16.3 Å². The van der Waals surface area contributed by atoms with E-state index in [1.54, 1.807) is 13.0 Å². The van der Waals surface area contributed by atoms with Gasteiger partial charge in [-0.05, 0) is 18.6 Å². The fourth-order valence-electron chi connectivity index (χ4n) is 1.60. The van der Waals surface area contributed by atoms with Gasteiger partial charge in [-0.3, -0.25) is 4.79 Å². The van der Waals surface area contributed by atoms with E-state index in [1.807, 2.05) is 13.0 Å². The van der Waals surface area contributed by atoms with Crippen LogP contribution in [0, 0.1) is 5.92 Å². The first-order valence-corrected chi connectivity index (χ1v) is 8.21. The van der Waals surface area contributed by atoms with Gasteiger partial charge < -0.3 is 4.74 Å². The lowest BCUT2D eigenvalue weighted by atomic mass is 10.2. The number of esters is 1. The third-order valence-electron chi connectivity index (χ3n) is 2.78. The molecule has 1 aromatic rings. The van der Waals surface area contributed by atoms with Gasteiger partial charge >= 0.3 is 5.97 Å². The van der Waals surface area contributed by atoms with E-state index in [9.17, 15) is 13.2 Å². The maximum absolute atomic E-state index is 12.3. The average molecular weight is 305 g/mol. The Hall–Kier alpha value is -0.920. The Morgan fingerprint density at radius 2 is 2.11 bits per heavy atom. The van der Waals surface area contributed by atoms with E-state index in [4.69, 9.17) is 0 Å². The molecule has 0 aliphatic heterocycles. The van der Waals surface area contributed by atoms with Gasteiger partial charge in [0.1, 0.15) is 4.21 Å². The first kappa shape index (κ1) is 16.1. The minimum atomic E-state index is -3.52. The smallest absolute Gasteiger partial charge is 0.309 e. The molecule has 5 nitrogen and oxygen atoms in total. The molecule has 0 N–H and O–H groups in total. The van der Waals surface area contributed by atoms with E-state index < -0.39 is 21.9 Å². The Labute approximate surface area is 118 Å². The summed E-state index contributed by atoms with van der Waals surface area (Å²) < 4.78 is 30.7. The maximum atomic E-state index is 12.3. The highest BCUT2D eigenvalue weighted by atomic mass is 32.2. The zero-order valence-corrected chi connectivity index (χ0v) is 13.2. The third-order valence-corrected chi connectivity index (χ3v) is 6.30. The van der Waals surface area contributed by atoms with Gasteiger partial charge in [0, 0.05) is 18.5 Å². The van der Waals surface area contributed by atoms with Gasteiger partial charge in [0.05, 0.1) is 13.0 Å². The zero-order valence-electron chi connectivity index (χ0n) is 11.5. The largest absolute Gasteiger partial charge is 0.469 e. The van der Waals surface area contributed by atoms with Crippen molar-refractivity contribution in [2.45, 2.75) is 24.5 Å². The van der Waals surface area contributed by atoms with E-state index in [0.717, 1.165) is 11.3 Å². The molecule has 1 rings (SSSR count). The first-order chi connectivity index (χ1) is 8.82. The quantitative estimate of drug-likeness (QED) is 0.751. The molecule has 1 atom stereocenters. The summed E-state index contributed by atoms with van der Waals surface area (Å²) in [7, 11) is -0.757. The molecule has 0 aliphatic carbocycles. The Balaban J connectivity index is 2.85. The number of hydrogen-bond donors (Lipinski definition) is 0. The predicted octanol–water partition coefficient (Wildman–Crippen LogP) is 1.74. The molecule has 108 valence electrons. The minimum absolute atomic E-state index is 0.106. The number of aryl methyl sites for hydroxylation is 1. The molecular formula is C12H19NO4S2. The highest BCUT2D eigenvalue weighted by Gasteiger charge is 2.26. The van der Waals surface area contributed by atoms with Gasteiger partial charge in [-0.15, -0.1) is 11.3 Å². The van der Waals surface area contributed by atoms with Crippen LogP contribution in [-0.4, -0.2) is 39.4 Å². The highest BCUT2D eigenvalue weighted by molar-refractivity contribution is 7.91. The molecule has 0 radical (unpaired) electrons. The number of sulfonamides is 1. The van der Waals surface area contributed by atoms with Crippen molar-refractivity contribution in [2.24, 2.45) is 5.92 Å². The molecule has 0 fully saturated rings. The fraction of sp³-hybridized carbons (Fsp3) is 0.583. The van der Waals surface area contributed by atoms with Crippen molar-refractivity contribution in [3.63, 3.8) is 0 Å². The summed E-state index contributed by atoms with van der Waals surface area (Å²) in [6.45, 7) is 3.73. The molecule has 19 heavy (non-hydrogen) atoms. The van der Waals surface area contributed by atoms with Gasteiger partial charge in [0.2, 0.25) is 0 Å². The number of carbonyl (C=O) groups excluding carboxylic acids is 1. The van der Waals surface area contributed by atoms with E-state index in [1.165, 1.54) is 29.8 Å². The molecule has 0 saturated carbocycles. The molecule has 0 aliphatic rings. The van der Waals surface area contributed by atoms with Crippen LogP contribution in [0.25, 0.3) is 0 Å². The number of hydrogen-bond acceptors (Lipinski definition) is 5. The average Bonchev–Trinajstić information content (AvgIpc) is 2.86. The summed E-state index contributed by atoms with van der Waals surface area (Å²) in [6, 6.07) is 3.42. The van der Waals surface area contributed by atoms with Crippen LogP contribution in [0.1, 0.15) is 18.7 Å². The van der Waals surface area contributed by atoms with Gasteiger partial charge in [-0.2, -0.15) is 4.31 Å². The molecule has 1 unspecified atom stereocenters. The summed E-state index contributed by atoms with van der Waals surface area (Å²) in [6.07, 6.45) is 0.808. The van der Waals surface area contributed by atoms with Crippen molar-refractivity contribution in [3.8, 4) is 0 Å². The summed E-state index contributed by atoms with van der Waals surface area (Å²) >= 11 is 1.26. The monoisotopic (exact) mass is 305 g/mol. The second kappa shape index (κ2) is 6.49. The lowest BCUT2D eigenvalue weighted by Gasteiger charge is -2.19. The van der Waals surface area contributed by atoms with E-state index in [2.05, 4.69) is 4.74 Å². The lowest BCUT2D eigenvalue weighted by molar-refractivity contribution is -0.144. The second-order valence-electron chi connectivity index (χ2n) is 4.28. The lowest BCUT2D eigenvalue weighted by Crippen LogP contribution is -2.33. The van der Waals surface area contributed by atoms with E-state index in [0.29, 0.717) is 4.21 Å². The minimum Gasteiger partial charge on any atom is -0.469 e. The molecule has 0 amide bonds. The molecule has 0 bridgehead atoms. The van der Waals surface area contributed by atoms with Crippen LogP contribution >= 0.6 is 11.3 Å². The Morgan fingerprint density at radius 3 is 2.58 bits per heavy atom. The van der Waals surface area contributed by atoms with Crippen molar-refractivity contribution in [3.05, 3.63) is 17.0 Å². The van der Waals surface area contributed by atoms with Gasteiger partial charge in [-0.25, -0.2) is 8.42 Å². The summed E-state index contributed by atoms with van der Waals surface area (Å²) in [5, 5.41) is 0. The van der Waals surface area contributed by atoms with E-state index in [-0.39, 0.29) is 6.54 Å². The SMILES string of the molecule is CCc1ccc(S(=O)(=O)N(C)CC(C)C(=O)OC)s1. The van der Waals surface area contributed by atoms with Crippen LogP contribution in [-0.2, 0) is 26.0 Å². The van der Waals surface area contributed by atoms with Crippen molar-refractivity contribution >= 4 is 27.3 Å². The molecule has 1 heterocycles. The van der Waals surface area contributed by atoms with Crippen LogP contribution in [0.2, 0.25) is 0 Å². The number of rotatable bonds is 6. The van der Waals surface area contributed by atoms with Crippen LogP contribution in [0.4, 0.5) is 0 Å². The molecule has 1 aromatic heterocycles. The summed E-state index contributed by atoms with van der Waals surface area (Å²) in [5.41, 5.74) is 0. The first-order valence-electron chi connectivity index (χ1n) is 5.95. The molecular weight excluding hydrogens is 286 g/mol. The summed E-state index contributed by atoms with van der Waals surface area (Å²) in [4.78, 5) is 12.3. The number of carbonyl (C=O) groups is 1. The fourth-order valence-corrected chi connectivity index (χ4v) is 4.37. The Kier molecular flexibility index (Phi) is 5.51. The predicted molar refractivity (Wildman–Crippen MR) is 74.7 cm³/mol. The standard InChI is InChI=1S/C12H19NO4S2/c1-5-10-6-7-11(18-10)19(15,16)13(3)8-9(2)12(14)17-4/h6-7,9H,5,8H2,1-4H3. The Morgan fingerprint density at radius 1 is 1.47 bits per heavy atom. The number of thiophene rings is 1. The normalized spacial score (nSPS) is 13.5. The highest BCUT2D eigenvalue weighted by Crippen LogP contribution is 2.25. The molecule has 7 heteroatoms. The van der Waals surface area contributed by atoms with Crippen molar-refractivity contribution in [1.29, 1.82) is 0 Å². The van der Waals surface area contributed by atoms with Crippen LogP contribution in [0.5, 0.6) is 0 Å². The maximum Gasteiger partial charge on any atom is 0.309 e. The number of ether oxygens (including phenoxy) is 1. The topological polar surface area (TPSA) is 63.7 Å². The van der Waals surface area contributed by atoms with Crippen molar-refractivity contribution < 1.29 is 17.9 Å². The van der Waals surface area contributed by atoms with Gasteiger partial charge in [0.15, 0.2) is 0 Å². The second-order valence-corrected chi connectivity index (χ2v) is 7.72. The number of nitrogens with zero attached hydrogens (tertiary/aromatic N) is 1. The van der Waals surface area contributed by atoms with Crippen molar-refractivity contribution in [2.75, 3.05) is 20.7 Å². The Bertz CT molecular complexity index is 536. The molecule has 0 spiro atoms. The van der Waals surface area contributed by atoms with Crippen molar-refractivity contribution in [1.82, 2.24) is 4.31 Å². The molecule has 0 aromatic carbocycles. The zero-order chi connectivity index (χ0) is 14.6. The number of methoxy groups -OCH3 is 1. The van der Waals surface area contributed by atoms with Crippen LogP contribution < -0.4 is 0 Å². The van der Waals surface area contributed by atoms with E-state index >= 15 is 0 Å². The van der Waals surface area contributed by atoms with Gasteiger partial charge in [0.25, 0.3) is 10.0 Å². The van der Waals surface area contributed by atoms with Gasteiger partial charge in [-0.1, -0.05) is 13.8 Å². The summed E-state index contributed by atoms with van der Waals surface area (Å²) in [5.74, 6) is -0.905. The third kappa shape index (κ3) is 3.77. The molecule has 0 saturated heterocycles. The van der Waals surface area contributed by atoms with Crippen LogP contribution in [0.3, 0.4) is 0 Å².